The minimum Gasteiger partial charge on any atom is -0.384 e. The molecular weight excluding hydrogens is 162 g/mol. The van der Waals surface area contributed by atoms with Gasteiger partial charge in [-0.1, -0.05) is 27.7 Å². The standard InChI is InChI=1S/C11H25NO/c1-6-11(9(2)3)12-7-10(4)8-13-5/h9-12H,6-8H2,1-5H3. The molecule has 13 heavy (non-hydrogen) atoms. The van der Waals surface area contributed by atoms with Gasteiger partial charge in [-0.3, -0.25) is 0 Å². The van der Waals surface area contributed by atoms with E-state index in [1.54, 1.807) is 7.11 Å². The van der Waals surface area contributed by atoms with Crippen molar-refractivity contribution < 1.29 is 4.74 Å². The predicted molar refractivity (Wildman–Crippen MR) is 58.0 cm³/mol. The number of methoxy groups -OCH3 is 1. The minimum atomic E-state index is 0.609. The van der Waals surface area contributed by atoms with Gasteiger partial charge in [0.05, 0.1) is 0 Å². The van der Waals surface area contributed by atoms with Gasteiger partial charge in [0, 0.05) is 26.3 Å². The average molecular weight is 187 g/mol. The molecular formula is C11H25NO. The van der Waals surface area contributed by atoms with E-state index < -0.39 is 0 Å². The molecule has 0 aromatic rings. The second-order valence-electron chi connectivity index (χ2n) is 4.23. The van der Waals surface area contributed by atoms with Crippen LogP contribution in [0, 0.1) is 11.8 Å². The Morgan fingerprint density at radius 1 is 1.23 bits per heavy atom. The number of nitrogens with one attached hydrogen (secondary N) is 1. The Morgan fingerprint density at radius 3 is 2.23 bits per heavy atom. The van der Waals surface area contributed by atoms with Crippen LogP contribution in [-0.4, -0.2) is 26.3 Å². The molecule has 80 valence electrons. The van der Waals surface area contributed by atoms with Crippen LogP contribution in [0.25, 0.3) is 0 Å². The molecule has 0 amide bonds. The van der Waals surface area contributed by atoms with Crippen LogP contribution in [0.5, 0.6) is 0 Å². The van der Waals surface area contributed by atoms with E-state index in [9.17, 15) is 0 Å². The van der Waals surface area contributed by atoms with Crippen LogP contribution in [0.4, 0.5) is 0 Å². The first-order valence-corrected chi connectivity index (χ1v) is 5.34. The quantitative estimate of drug-likeness (QED) is 0.660. The van der Waals surface area contributed by atoms with Gasteiger partial charge in [0.1, 0.15) is 0 Å². The lowest BCUT2D eigenvalue weighted by Gasteiger charge is -2.22. The zero-order valence-electron chi connectivity index (χ0n) is 9.76. The third-order valence-electron chi connectivity index (χ3n) is 2.42. The van der Waals surface area contributed by atoms with Crippen molar-refractivity contribution in [2.24, 2.45) is 11.8 Å². The van der Waals surface area contributed by atoms with Crippen molar-refractivity contribution in [1.82, 2.24) is 5.32 Å². The van der Waals surface area contributed by atoms with Crippen LogP contribution < -0.4 is 5.32 Å². The minimum absolute atomic E-state index is 0.609. The summed E-state index contributed by atoms with van der Waals surface area (Å²) in [5, 5.41) is 3.57. The first-order valence-electron chi connectivity index (χ1n) is 5.34. The van der Waals surface area contributed by atoms with Crippen molar-refractivity contribution in [3.8, 4) is 0 Å². The van der Waals surface area contributed by atoms with Crippen molar-refractivity contribution in [2.45, 2.75) is 40.2 Å². The average Bonchev–Trinajstić information content (AvgIpc) is 2.05. The Morgan fingerprint density at radius 2 is 1.85 bits per heavy atom. The number of hydrogen-bond donors (Lipinski definition) is 1. The highest BCUT2D eigenvalue weighted by atomic mass is 16.5. The normalized spacial score (nSPS) is 16.2. The summed E-state index contributed by atoms with van der Waals surface area (Å²) in [5.41, 5.74) is 0. The summed E-state index contributed by atoms with van der Waals surface area (Å²) >= 11 is 0. The molecule has 0 spiro atoms. The van der Waals surface area contributed by atoms with E-state index in [4.69, 9.17) is 4.74 Å². The number of ether oxygens (including phenoxy) is 1. The largest absolute Gasteiger partial charge is 0.384 e. The van der Waals surface area contributed by atoms with E-state index in [0.717, 1.165) is 19.1 Å². The molecule has 0 fully saturated rings. The zero-order chi connectivity index (χ0) is 10.3. The van der Waals surface area contributed by atoms with Gasteiger partial charge in [-0.05, 0) is 18.3 Å². The molecule has 2 heteroatoms. The third kappa shape index (κ3) is 6.05. The topological polar surface area (TPSA) is 21.3 Å². The van der Waals surface area contributed by atoms with Gasteiger partial charge < -0.3 is 10.1 Å². The molecule has 0 aromatic heterocycles. The monoisotopic (exact) mass is 187 g/mol. The van der Waals surface area contributed by atoms with E-state index in [1.165, 1.54) is 6.42 Å². The molecule has 0 aliphatic carbocycles. The van der Waals surface area contributed by atoms with Gasteiger partial charge in [0.2, 0.25) is 0 Å². The van der Waals surface area contributed by atoms with Crippen molar-refractivity contribution in [3.63, 3.8) is 0 Å². The lowest BCUT2D eigenvalue weighted by molar-refractivity contribution is 0.155. The van der Waals surface area contributed by atoms with Crippen LogP contribution in [-0.2, 0) is 4.74 Å². The van der Waals surface area contributed by atoms with Gasteiger partial charge in [0.25, 0.3) is 0 Å². The summed E-state index contributed by atoms with van der Waals surface area (Å²) in [4.78, 5) is 0. The molecule has 0 heterocycles. The molecule has 0 aliphatic rings. The molecule has 0 saturated carbocycles. The Balaban J connectivity index is 3.59. The summed E-state index contributed by atoms with van der Waals surface area (Å²) in [6.45, 7) is 10.9. The maximum atomic E-state index is 5.09. The SMILES string of the molecule is CCC(NCC(C)COC)C(C)C. The van der Waals surface area contributed by atoms with Crippen molar-refractivity contribution in [1.29, 1.82) is 0 Å². The Kier molecular flexibility index (Phi) is 7.29. The van der Waals surface area contributed by atoms with Gasteiger partial charge in [0.15, 0.2) is 0 Å². The van der Waals surface area contributed by atoms with E-state index >= 15 is 0 Å². The Hall–Kier alpha value is -0.0800. The second-order valence-corrected chi connectivity index (χ2v) is 4.23. The first-order chi connectivity index (χ1) is 6.11. The van der Waals surface area contributed by atoms with Gasteiger partial charge in [-0.2, -0.15) is 0 Å². The van der Waals surface area contributed by atoms with Crippen molar-refractivity contribution in [2.75, 3.05) is 20.3 Å². The molecule has 0 radical (unpaired) electrons. The smallest absolute Gasteiger partial charge is 0.0499 e. The fourth-order valence-corrected chi connectivity index (χ4v) is 1.55. The summed E-state index contributed by atoms with van der Waals surface area (Å²) in [5.74, 6) is 1.33. The number of hydrogen-bond acceptors (Lipinski definition) is 2. The second kappa shape index (κ2) is 7.34. The van der Waals surface area contributed by atoms with Crippen LogP contribution in [0.3, 0.4) is 0 Å². The fraction of sp³-hybridized carbons (Fsp3) is 1.00. The summed E-state index contributed by atoms with van der Waals surface area (Å²) in [6, 6.07) is 0.652. The molecule has 2 atom stereocenters. The van der Waals surface area contributed by atoms with Gasteiger partial charge >= 0.3 is 0 Å². The third-order valence-corrected chi connectivity index (χ3v) is 2.42. The Bertz CT molecular complexity index is 115. The summed E-state index contributed by atoms with van der Waals surface area (Å²) in [7, 11) is 1.76. The van der Waals surface area contributed by atoms with E-state index in [1.807, 2.05) is 0 Å². The molecule has 0 rings (SSSR count). The van der Waals surface area contributed by atoms with Crippen molar-refractivity contribution >= 4 is 0 Å². The van der Waals surface area contributed by atoms with Crippen LogP contribution in [0.1, 0.15) is 34.1 Å². The molecule has 0 saturated heterocycles. The molecule has 0 bridgehead atoms. The van der Waals surface area contributed by atoms with Crippen LogP contribution in [0.15, 0.2) is 0 Å². The van der Waals surface area contributed by atoms with Crippen LogP contribution >= 0.6 is 0 Å². The highest BCUT2D eigenvalue weighted by Gasteiger charge is 2.11. The lowest BCUT2D eigenvalue weighted by Crippen LogP contribution is -2.36. The molecule has 0 aromatic carbocycles. The lowest BCUT2D eigenvalue weighted by atomic mass is 10.0. The highest BCUT2D eigenvalue weighted by Crippen LogP contribution is 2.06. The molecule has 2 nitrogen and oxygen atoms in total. The first kappa shape index (κ1) is 12.9. The van der Waals surface area contributed by atoms with Gasteiger partial charge in [-0.15, -0.1) is 0 Å². The molecule has 0 aliphatic heterocycles. The fourth-order valence-electron chi connectivity index (χ4n) is 1.55. The molecule has 2 unspecified atom stereocenters. The maximum absolute atomic E-state index is 5.09. The Labute approximate surface area is 83.1 Å². The van der Waals surface area contributed by atoms with E-state index in [2.05, 4.69) is 33.0 Å². The zero-order valence-corrected chi connectivity index (χ0v) is 9.76. The van der Waals surface area contributed by atoms with E-state index in [0.29, 0.717) is 12.0 Å². The summed E-state index contributed by atoms with van der Waals surface area (Å²) in [6.07, 6.45) is 1.21. The van der Waals surface area contributed by atoms with Crippen LogP contribution in [0.2, 0.25) is 0 Å². The summed E-state index contributed by atoms with van der Waals surface area (Å²) < 4.78 is 5.09. The maximum Gasteiger partial charge on any atom is 0.0499 e. The van der Waals surface area contributed by atoms with Crippen molar-refractivity contribution in [3.05, 3.63) is 0 Å². The predicted octanol–water partition coefficient (Wildman–Crippen LogP) is 2.29. The van der Waals surface area contributed by atoms with E-state index in [-0.39, 0.29) is 0 Å². The molecule has 1 N–H and O–H groups in total. The number of rotatable bonds is 7. The van der Waals surface area contributed by atoms with Gasteiger partial charge in [-0.25, -0.2) is 0 Å². The highest BCUT2D eigenvalue weighted by molar-refractivity contribution is 4.69.